The van der Waals surface area contributed by atoms with E-state index in [1.165, 1.54) is 5.56 Å². The van der Waals surface area contributed by atoms with Crippen LogP contribution in [0.4, 0.5) is 5.69 Å². The molecule has 150 valence electrons. The van der Waals surface area contributed by atoms with E-state index in [0.29, 0.717) is 23.0 Å². The number of anilines is 1. The quantitative estimate of drug-likeness (QED) is 0.799. The van der Waals surface area contributed by atoms with E-state index in [4.69, 9.17) is 16.3 Å². The first-order valence-electron chi connectivity index (χ1n) is 9.68. The fourth-order valence-electron chi connectivity index (χ4n) is 3.50. The van der Waals surface area contributed by atoms with E-state index in [9.17, 15) is 4.79 Å². The number of nitrogens with zero attached hydrogens (tertiary/aromatic N) is 2. The second-order valence-corrected chi connectivity index (χ2v) is 7.65. The smallest absolute Gasteiger partial charge is 0.238 e. The Morgan fingerprint density at radius 3 is 2.57 bits per heavy atom. The maximum atomic E-state index is 12.6. The number of benzene rings is 2. The molecule has 1 N–H and O–H groups in total. The topological polar surface area (TPSA) is 44.8 Å². The summed E-state index contributed by atoms with van der Waals surface area (Å²) in [6, 6.07) is 14.1. The summed E-state index contributed by atoms with van der Waals surface area (Å²) in [6.07, 6.45) is 1.06. The van der Waals surface area contributed by atoms with E-state index in [2.05, 4.69) is 39.4 Å². The molecule has 5 nitrogen and oxygen atoms in total. The monoisotopic (exact) mass is 401 g/mol. The molecule has 2 aromatic rings. The van der Waals surface area contributed by atoms with Crippen molar-refractivity contribution in [3.05, 3.63) is 58.6 Å². The van der Waals surface area contributed by atoms with Crippen LogP contribution in [-0.2, 0) is 11.3 Å². The summed E-state index contributed by atoms with van der Waals surface area (Å²) in [4.78, 5) is 17.2. The summed E-state index contributed by atoms with van der Waals surface area (Å²) in [5, 5.41) is 3.60. The second-order valence-electron chi connectivity index (χ2n) is 7.24. The molecule has 0 saturated carbocycles. The number of methoxy groups -OCH3 is 1. The number of carbonyl (C=O) groups excluding carboxylic acids is 1. The maximum Gasteiger partial charge on any atom is 0.238 e. The number of rotatable bonds is 6. The third kappa shape index (κ3) is 5.71. The summed E-state index contributed by atoms with van der Waals surface area (Å²) in [5.41, 5.74) is 2.90. The Bertz CT molecular complexity index is 798. The Morgan fingerprint density at radius 2 is 1.82 bits per heavy atom. The number of amides is 1. The van der Waals surface area contributed by atoms with Gasteiger partial charge in [-0.15, -0.1) is 0 Å². The number of ether oxygens (including phenoxy) is 1. The molecule has 0 radical (unpaired) electrons. The van der Waals surface area contributed by atoms with Crippen LogP contribution in [0.25, 0.3) is 0 Å². The minimum atomic E-state index is -0.0310. The number of nitrogens with one attached hydrogen (secondary N) is 1. The Morgan fingerprint density at radius 1 is 1.11 bits per heavy atom. The lowest BCUT2D eigenvalue weighted by Crippen LogP contribution is -2.36. The number of aryl methyl sites for hydroxylation is 1. The van der Waals surface area contributed by atoms with Crippen molar-refractivity contribution in [2.45, 2.75) is 19.9 Å². The molecule has 0 atom stereocenters. The van der Waals surface area contributed by atoms with E-state index >= 15 is 0 Å². The predicted molar refractivity (Wildman–Crippen MR) is 114 cm³/mol. The molecule has 6 heteroatoms. The van der Waals surface area contributed by atoms with Crippen molar-refractivity contribution in [3.63, 3.8) is 0 Å². The van der Waals surface area contributed by atoms with Gasteiger partial charge in [0.25, 0.3) is 0 Å². The maximum absolute atomic E-state index is 12.6. The van der Waals surface area contributed by atoms with Crippen LogP contribution in [0.5, 0.6) is 5.75 Å². The lowest BCUT2D eigenvalue weighted by atomic mass is 10.2. The van der Waals surface area contributed by atoms with Crippen molar-refractivity contribution in [1.82, 2.24) is 9.80 Å². The molecular weight excluding hydrogens is 374 g/mol. The molecule has 0 aromatic heterocycles. The average molecular weight is 402 g/mol. The van der Waals surface area contributed by atoms with E-state index in [1.807, 2.05) is 19.1 Å². The SMILES string of the molecule is COc1cc(Cl)c(C)cc1NC(=O)CN1CCCN(Cc2ccccc2)CC1. The fourth-order valence-corrected chi connectivity index (χ4v) is 3.66. The molecule has 2 aromatic carbocycles. The van der Waals surface area contributed by atoms with Crippen LogP contribution in [0.3, 0.4) is 0 Å². The first-order chi connectivity index (χ1) is 13.5. The van der Waals surface area contributed by atoms with E-state index < -0.39 is 0 Å². The second kappa shape index (κ2) is 9.92. The van der Waals surface area contributed by atoms with Crippen molar-refractivity contribution in [3.8, 4) is 5.75 Å². The van der Waals surface area contributed by atoms with Crippen molar-refractivity contribution in [2.24, 2.45) is 0 Å². The highest BCUT2D eigenvalue weighted by Crippen LogP contribution is 2.30. The molecule has 28 heavy (non-hydrogen) atoms. The summed E-state index contributed by atoms with van der Waals surface area (Å²) in [7, 11) is 1.58. The number of carbonyl (C=O) groups is 1. The van der Waals surface area contributed by atoms with Gasteiger partial charge in [0.15, 0.2) is 0 Å². The largest absolute Gasteiger partial charge is 0.495 e. The van der Waals surface area contributed by atoms with Crippen molar-refractivity contribution < 1.29 is 9.53 Å². The predicted octanol–water partition coefficient (Wildman–Crippen LogP) is 3.80. The van der Waals surface area contributed by atoms with Crippen LogP contribution in [0.1, 0.15) is 17.5 Å². The highest BCUT2D eigenvalue weighted by atomic mass is 35.5. The van der Waals surface area contributed by atoms with E-state index in [1.54, 1.807) is 13.2 Å². The first kappa shape index (κ1) is 20.6. The number of hydrogen-bond donors (Lipinski definition) is 1. The van der Waals surface area contributed by atoms with Crippen LogP contribution < -0.4 is 10.1 Å². The molecule has 0 bridgehead atoms. The van der Waals surface area contributed by atoms with Gasteiger partial charge in [0.05, 0.1) is 19.3 Å². The van der Waals surface area contributed by atoms with Gasteiger partial charge in [0, 0.05) is 30.7 Å². The summed E-state index contributed by atoms with van der Waals surface area (Å²) in [5.74, 6) is 0.547. The Hall–Kier alpha value is -2.08. The molecule has 3 rings (SSSR count). The van der Waals surface area contributed by atoms with Crippen LogP contribution in [-0.4, -0.2) is 55.5 Å². The van der Waals surface area contributed by atoms with Gasteiger partial charge in [0.1, 0.15) is 5.75 Å². The van der Waals surface area contributed by atoms with Crippen LogP contribution in [0.15, 0.2) is 42.5 Å². The Balaban J connectivity index is 1.53. The highest BCUT2D eigenvalue weighted by molar-refractivity contribution is 6.31. The highest BCUT2D eigenvalue weighted by Gasteiger charge is 2.18. The van der Waals surface area contributed by atoms with Gasteiger partial charge in [-0.1, -0.05) is 41.9 Å². The number of halogens is 1. The molecule has 1 amide bonds. The van der Waals surface area contributed by atoms with E-state index in [-0.39, 0.29) is 5.91 Å². The minimum absolute atomic E-state index is 0.0310. The summed E-state index contributed by atoms with van der Waals surface area (Å²) < 4.78 is 5.34. The van der Waals surface area contributed by atoms with Crippen LogP contribution in [0.2, 0.25) is 5.02 Å². The zero-order chi connectivity index (χ0) is 19.9. The van der Waals surface area contributed by atoms with Gasteiger partial charge in [-0.25, -0.2) is 0 Å². The van der Waals surface area contributed by atoms with Crippen LogP contribution in [0, 0.1) is 6.92 Å². The van der Waals surface area contributed by atoms with Gasteiger partial charge in [-0.05, 0) is 43.6 Å². The zero-order valence-corrected chi connectivity index (χ0v) is 17.3. The molecule has 1 aliphatic heterocycles. The van der Waals surface area contributed by atoms with Gasteiger partial charge in [-0.2, -0.15) is 0 Å². The molecule has 0 spiro atoms. The summed E-state index contributed by atoms with van der Waals surface area (Å²) >= 11 is 6.14. The summed E-state index contributed by atoms with van der Waals surface area (Å²) in [6.45, 7) is 7.08. The van der Waals surface area contributed by atoms with Crippen molar-refractivity contribution in [1.29, 1.82) is 0 Å². The molecule has 1 heterocycles. The Kier molecular flexibility index (Phi) is 7.31. The molecule has 0 unspecified atom stereocenters. The molecule has 1 aliphatic rings. The molecule has 1 saturated heterocycles. The fraction of sp³-hybridized carbons (Fsp3) is 0.409. The standard InChI is InChI=1S/C22H28ClN3O2/c1-17-13-20(21(28-2)14-19(17)23)24-22(27)16-26-10-6-9-25(11-12-26)15-18-7-4-3-5-8-18/h3-5,7-8,13-14H,6,9-12,15-16H2,1-2H3,(H,24,27). The normalized spacial score (nSPS) is 15.8. The van der Waals surface area contributed by atoms with Crippen molar-refractivity contribution >= 4 is 23.2 Å². The zero-order valence-electron chi connectivity index (χ0n) is 16.6. The van der Waals surface area contributed by atoms with Crippen LogP contribution >= 0.6 is 11.6 Å². The van der Waals surface area contributed by atoms with Gasteiger partial charge < -0.3 is 10.1 Å². The van der Waals surface area contributed by atoms with Crippen molar-refractivity contribution in [2.75, 3.05) is 45.2 Å². The molecular formula is C22H28ClN3O2. The number of hydrogen-bond acceptors (Lipinski definition) is 4. The first-order valence-corrected chi connectivity index (χ1v) is 10.1. The van der Waals surface area contributed by atoms with Gasteiger partial charge in [-0.3, -0.25) is 14.6 Å². The van der Waals surface area contributed by atoms with Gasteiger partial charge >= 0.3 is 0 Å². The molecule has 0 aliphatic carbocycles. The van der Waals surface area contributed by atoms with E-state index in [0.717, 1.165) is 44.7 Å². The van der Waals surface area contributed by atoms with Gasteiger partial charge in [0.2, 0.25) is 5.91 Å². The molecule has 1 fully saturated rings. The third-order valence-corrected chi connectivity index (χ3v) is 5.46. The Labute approximate surface area is 172 Å². The lowest BCUT2D eigenvalue weighted by Gasteiger charge is -2.22. The average Bonchev–Trinajstić information content (AvgIpc) is 2.90. The minimum Gasteiger partial charge on any atom is -0.495 e. The third-order valence-electron chi connectivity index (χ3n) is 5.05. The lowest BCUT2D eigenvalue weighted by molar-refractivity contribution is -0.117.